The van der Waals surface area contributed by atoms with E-state index in [-0.39, 0.29) is 32.7 Å². The molecule has 0 nitrogen and oxygen atoms in total. The van der Waals surface area contributed by atoms with E-state index in [2.05, 4.69) is 6.07 Å². The van der Waals surface area contributed by atoms with E-state index in [1.807, 2.05) is 26.0 Å². The van der Waals surface area contributed by atoms with E-state index in [1.165, 1.54) is 11.1 Å². The van der Waals surface area contributed by atoms with E-state index in [4.69, 9.17) is 7.85 Å². The molecule has 0 fully saturated rings. The standard InChI is InChI=1S/C8H8B.Y/c1-6-3-4-8(9)5-7(6)2;/h3,5H,1-2H3;/q-1;. The Kier molecular flexibility index (Phi) is 4.47. The summed E-state index contributed by atoms with van der Waals surface area (Å²) < 4.78 is 0. The number of hydrogen-bond donors (Lipinski definition) is 0. The maximum atomic E-state index is 5.47. The van der Waals surface area contributed by atoms with Gasteiger partial charge in [-0.2, -0.15) is 29.3 Å². The van der Waals surface area contributed by atoms with Crippen LogP contribution in [0.4, 0.5) is 0 Å². The first-order valence-corrected chi connectivity index (χ1v) is 2.94. The molecule has 47 valence electrons. The van der Waals surface area contributed by atoms with Crippen molar-refractivity contribution >= 4 is 13.3 Å². The van der Waals surface area contributed by atoms with Gasteiger partial charge in [0, 0.05) is 32.7 Å². The number of aryl methyl sites for hydroxylation is 2. The van der Waals surface area contributed by atoms with E-state index >= 15 is 0 Å². The molecule has 1 aromatic carbocycles. The van der Waals surface area contributed by atoms with Gasteiger partial charge in [0.05, 0.1) is 7.85 Å². The molecular formula is C8H8BY-. The monoisotopic (exact) mass is 204 g/mol. The summed E-state index contributed by atoms with van der Waals surface area (Å²) >= 11 is 0. The molecule has 1 aromatic rings. The third-order valence-electron chi connectivity index (χ3n) is 1.45. The van der Waals surface area contributed by atoms with Gasteiger partial charge in [-0.15, -0.1) is 0 Å². The van der Waals surface area contributed by atoms with Crippen LogP contribution in [0.15, 0.2) is 12.1 Å². The molecule has 0 aliphatic carbocycles. The first-order chi connectivity index (χ1) is 4.20. The van der Waals surface area contributed by atoms with Crippen LogP contribution in [0.25, 0.3) is 0 Å². The van der Waals surface area contributed by atoms with Gasteiger partial charge in [-0.1, -0.05) is 13.8 Å². The average molecular weight is 204 g/mol. The third kappa shape index (κ3) is 2.55. The Hall–Kier alpha value is 0.389. The van der Waals surface area contributed by atoms with Crippen LogP contribution in [0.1, 0.15) is 11.1 Å². The molecule has 0 N–H and O–H groups in total. The molecule has 0 aromatic heterocycles. The minimum atomic E-state index is 0. The topological polar surface area (TPSA) is 0 Å². The van der Waals surface area contributed by atoms with Gasteiger partial charge in [-0.25, -0.2) is 5.46 Å². The molecule has 10 heavy (non-hydrogen) atoms. The zero-order valence-electron chi connectivity index (χ0n) is 6.31. The van der Waals surface area contributed by atoms with Crippen LogP contribution < -0.4 is 5.46 Å². The Morgan fingerprint density at radius 3 is 2.30 bits per heavy atom. The molecule has 0 unspecified atom stereocenters. The quantitative estimate of drug-likeness (QED) is 0.434. The van der Waals surface area contributed by atoms with Crippen LogP contribution in [-0.4, -0.2) is 7.85 Å². The van der Waals surface area contributed by atoms with Crippen LogP contribution >= 0.6 is 0 Å². The zero-order chi connectivity index (χ0) is 6.85. The Morgan fingerprint density at radius 1 is 1.30 bits per heavy atom. The minimum absolute atomic E-state index is 0. The minimum Gasteiger partial charge on any atom is -0.206 e. The van der Waals surface area contributed by atoms with Gasteiger partial charge in [-0.3, -0.25) is 0 Å². The molecule has 0 aliphatic heterocycles. The summed E-state index contributed by atoms with van der Waals surface area (Å²) in [4.78, 5) is 0. The summed E-state index contributed by atoms with van der Waals surface area (Å²) in [5.74, 6) is 0. The van der Waals surface area contributed by atoms with Crippen molar-refractivity contribution in [1.82, 2.24) is 0 Å². The Labute approximate surface area is 88.7 Å². The van der Waals surface area contributed by atoms with Crippen LogP contribution in [0.3, 0.4) is 0 Å². The second-order valence-corrected chi connectivity index (χ2v) is 2.25. The van der Waals surface area contributed by atoms with Crippen molar-refractivity contribution in [3.05, 3.63) is 29.3 Å². The summed E-state index contributed by atoms with van der Waals surface area (Å²) in [6.07, 6.45) is 0. The predicted octanol–water partition coefficient (Wildman–Crippen LogP) is 0.895. The summed E-state index contributed by atoms with van der Waals surface area (Å²) in [6, 6.07) is 6.75. The molecule has 0 heterocycles. The van der Waals surface area contributed by atoms with Crippen molar-refractivity contribution < 1.29 is 32.7 Å². The van der Waals surface area contributed by atoms with Crippen LogP contribution in [-0.2, 0) is 32.7 Å². The number of benzene rings is 1. The van der Waals surface area contributed by atoms with Crippen LogP contribution in [0.5, 0.6) is 0 Å². The molecular weight excluding hydrogens is 196 g/mol. The van der Waals surface area contributed by atoms with Gasteiger partial charge in [0.15, 0.2) is 0 Å². The normalized spacial score (nSPS) is 8.60. The Bertz CT molecular complexity index is 220. The summed E-state index contributed by atoms with van der Waals surface area (Å²) in [7, 11) is 5.47. The maximum absolute atomic E-state index is 5.47. The summed E-state index contributed by atoms with van der Waals surface area (Å²) in [5.41, 5.74) is 3.19. The van der Waals surface area contributed by atoms with E-state index in [0.29, 0.717) is 0 Å². The van der Waals surface area contributed by atoms with Gasteiger partial charge in [0.2, 0.25) is 0 Å². The van der Waals surface area contributed by atoms with Crippen LogP contribution in [0.2, 0.25) is 0 Å². The van der Waals surface area contributed by atoms with Gasteiger partial charge in [-0.05, 0) is 0 Å². The number of hydrogen-bond acceptors (Lipinski definition) is 0. The molecule has 2 heteroatoms. The molecule has 1 rings (SSSR count). The van der Waals surface area contributed by atoms with Crippen molar-refractivity contribution in [2.75, 3.05) is 0 Å². The zero-order valence-corrected chi connectivity index (χ0v) is 9.15. The first kappa shape index (κ1) is 10.4. The maximum Gasteiger partial charge on any atom is 0.0772 e. The second kappa shape index (κ2) is 4.30. The SMILES string of the molecule is [B]c1[c-]cc(C)c(C)c1.[Y]. The predicted molar refractivity (Wildman–Crippen MR) is 40.1 cm³/mol. The molecule has 0 spiro atoms. The molecule has 0 atom stereocenters. The second-order valence-electron chi connectivity index (χ2n) is 2.25. The fourth-order valence-electron chi connectivity index (χ4n) is 0.694. The smallest absolute Gasteiger partial charge is 0.0772 e. The van der Waals surface area contributed by atoms with E-state index in [0.717, 1.165) is 5.46 Å². The Balaban J connectivity index is 0.000000810. The average Bonchev–Trinajstić information content (AvgIpc) is 1.80. The van der Waals surface area contributed by atoms with Gasteiger partial charge >= 0.3 is 0 Å². The molecule has 0 saturated heterocycles. The summed E-state index contributed by atoms with van der Waals surface area (Å²) in [6.45, 7) is 4.09. The first-order valence-electron chi connectivity index (χ1n) is 2.94. The van der Waals surface area contributed by atoms with Crippen molar-refractivity contribution in [3.8, 4) is 0 Å². The fourth-order valence-corrected chi connectivity index (χ4v) is 0.694. The largest absolute Gasteiger partial charge is 0.206 e. The van der Waals surface area contributed by atoms with Crippen molar-refractivity contribution in [2.45, 2.75) is 13.8 Å². The van der Waals surface area contributed by atoms with Crippen LogP contribution in [0, 0.1) is 19.9 Å². The number of rotatable bonds is 0. The fraction of sp³-hybridized carbons (Fsp3) is 0.250. The van der Waals surface area contributed by atoms with E-state index in [9.17, 15) is 0 Å². The van der Waals surface area contributed by atoms with Crippen molar-refractivity contribution in [1.29, 1.82) is 0 Å². The molecule has 0 saturated carbocycles. The molecule has 0 amide bonds. The van der Waals surface area contributed by atoms with Crippen molar-refractivity contribution in [2.24, 2.45) is 0 Å². The van der Waals surface area contributed by atoms with Gasteiger partial charge in [0.25, 0.3) is 0 Å². The molecule has 3 radical (unpaired) electrons. The van der Waals surface area contributed by atoms with Gasteiger partial charge in [0.1, 0.15) is 0 Å². The van der Waals surface area contributed by atoms with Gasteiger partial charge < -0.3 is 0 Å². The van der Waals surface area contributed by atoms with Crippen molar-refractivity contribution in [3.63, 3.8) is 0 Å². The molecule has 0 bridgehead atoms. The third-order valence-corrected chi connectivity index (χ3v) is 1.45. The summed E-state index contributed by atoms with van der Waals surface area (Å²) in [5, 5.41) is 0. The van der Waals surface area contributed by atoms with E-state index < -0.39 is 0 Å². The van der Waals surface area contributed by atoms with E-state index in [1.54, 1.807) is 0 Å². The Morgan fingerprint density at radius 2 is 1.90 bits per heavy atom. The molecule has 0 aliphatic rings.